The van der Waals surface area contributed by atoms with Gasteiger partial charge < -0.3 is 11.5 Å². The number of Topliss-reactive ketones (excluding diaryl/α,β-unsaturated/α-hetero) is 2. The summed E-state index contributed by atoms with van der Waals surface area (Å²) in [6.07, 6.45) is 33.8. The van der Waals surface area contributed by atoms with Gasteiger partial charge in [0.1, 0.15) is 5.54 Å². The van der Waals surface area contributed by atoms with Gasteiger partial charge in [-0.15, -0.1) is 0 Å². The molecule has 4 N–H and O–H groups in total. The number of carbonyl (C=O) groups is 2. The van der Waals surface area contributed by atoms with Crippen LogP contribution in [0.5, 0.6) is 0 Å². The number of nitrogens with two attached hydrogens (primary N) is 2. The van der Waals surface area contributed by atoms with Crippen LogP contribution in [0.15, 0.2) is 0 Å². The highest BCUT2D eigenvalue weighted by Gasteiger charge is 2.38. The molecule has 0 heterocycles. The van der Waals surface area contributed by atoms with Crippen molar-refractivity contribution in [1.82, 2.24) is 0 Å². The largest absolute Gasteiger partial charge is 0.328 e. The van der Waals surface area contributed by atoms with Gasteiger partial charge in [-0.05, 0) is 12.8 Å². The van der Waals surface area contributed by atoms with Crippen LogP contribution in [0, 0.1) is 0 Å². The lowest BCUT2D eigenvalue weighted by molar-refractivity contribution is -0.134. The predicted octanol–water partition coefficient (Wildman–Crippen LogP) is 9.74. The minimum Gasteiger partial charge on any atom is -0.328 e. The maximum Gasteiger partial charge on any atom is 0.161 e. The van der Waals surface area contributed by atoms with Crippen LogP contribution < -0.4 is 11.5 Å². The maximum atomic E-state index is 12.7. The summed E-state index contributed by atoms with van der Waals surface area (Å²) in [5.41, 5.74) is 10.6. The van der Waals surface area contributed by atoms with Gasteiger partial charge in [0.15, 0.2) is 11.6 Å². The van der Waals surface area contributed by atoms with E-state index in [1.54, 1.807) is 0 Å². The summed E-state index contributed by atoms with van der Waals surface area (Å²) < 4.78 is 0. The molecule has 0 aliphatic rings. The van der Waals surface area contributed by atoms with E-state index >= 15 is 0 Å². The SMILES string of the molecule is CCCCCCCCCCCCCCCC(=O)C(N)(CN)C(=O)CCCCCCCCCCCCCCC. The lowest BCUT2D eigenvalue weighted by Gasteiger charge is -2.25. The van der Waals surface area contributed by atoms with Gasteiger partial charge >= 0.3 is 0 Å². The number of carbonyl (C=O) groups excluding carboxylic acids is 2. The highest BCUT2D eigenvalue weighted by atomic mass is 16.2. The standard InChI is InChI=1S/C34H68N2O2/c1-3-5-7-9-11-13-15-17-19-21-23-25-27-29-32(37)34(36,31-35)33(38)30-28-26-24-22-20-18-16-14-12-10-8-6-4-2/h3-31,35-36H2,1-2H3. The Morgan fingerprint density at radius 1 is 0.421 bits per heavy atom. The van der Waals surface area contributed by atoms with E-state index in [2.05, 4.69) is 13.8 Å². The zero-order valence-electron chi connectivity index (χ0n) is 26.0. The molecule has 0 radical (unpaired) electrons. The molecule has 0 rings (SSSR count). The van der Waals surface area contributed by atoms with Crippen LogP contribution in [-0.2, 0) is 9.59 Å². The van der Waals surface area contributed by atoms with E-state index in [4.69, 9.17) is 11.5 Å². The minimum atomic E-state index is -1.46. The molecule has 0 saturated carbocycles. The summed E-state index contributed by atoms with van der Waals surface area (Å²) in [4.78, 5) is 25.5. The van der Waals surface area contributed by atoms with Gasteiger partial charge in [-0.3, -0.25) is 9.59 Å². The summed E-state index contributed by atoms with van der Waals surface area (Å²) in [5.74, 6) is -0.300. The van der Waals surface area contributed by atoms with Gasteiger partial charge in [0.05, 0.1) is 0 Å². The van der Waals surface area contributed by atoms with E-state index in [0.717, 1.165) is 38.5 Å². The van der Waals surface area contributed by atoms with Crippen molar-refractivity contribution in [2.75, 3.05) is 6.54 Å². The molecular formula is C34H68N2O2. The first kappa shape index (κ1) is 37.3. The molecule has 0 aromatic rings. The highest BCUT2D eigenvalue weighted by Crippen LogP contribution is 2.18. The highest BCUT2D eigenvalue weighted by molar-refractivity contribution is 6.11. The van der Waals surface area contributed by atoms with Crippen LogP contribution >= 0.6 is 0 Å². The second-order valence-electron chi connectivity index (χ2n) is 12.0. The molecule has 0 aromatic carbocycles. The Morgan fingerprint density at radius 3 is 0.842 bits per heavy atom. The monoisotopic (exact) mass is 537 g/mol. The molecule has 0 saturated heterocycles. The molecule has 0 atom stereocenters. The lowest BCUT2D eigenvalue weighted by Crippen LogP contribution is -2.60. The van der Waals surface area contributed by atoms with Crippen molar-refractivity contribution in [2.24, 2.45) is 11.5 Å². The van der Waals surface area contributed by atoms with Crippen molar-refractivity contribution in [1.29, 1.82) is 0 Å². The van der Waals surface area contributed by atoms with E-state index in [1.165, 1.54) is 128 Å². The number of rotatable bonds is 31. The molecule has 4 heteroatoms. The zero-order valence-corrected chi connectivity index (χ0v) is 26.0. The molecule has 0 unspecified atom stereocenters. The van der Waals surface area contributed by atoms with E-state index in [9.17, 15) is 9.59 Å². The Kier molecular flexibility index (Phi) is 27.3. The number of hydrogen-bond acceptors (Lipinski definition) is 4. The molecule has 226 valence electrons. The van der Waals surface area contributed by atoms with Crippen LogP contribution in [0.25, 0.3) is 0 Å². The van der Waals surface area contributed by atoms with Crippen molar-refractivity contribution in [3.8, 4) is 0 Å². The Bertz CT molecular complexity index is 493. The summed E-state index contributed by atoms with van der Waals surface area (Å²) in [7, 11) is 0. The van der Waals surface area contributed by atoms with Crippen molar-refractivity contribution < 1.29 is 9.59 Å². The van der Waals surface area contributed by atoms with Gasteiger partial charge in [0, 0.05) is 19.4 Å². The Morgan fingerprint density at radius 2 is 0.632 bits per heavy atom. The molecule has 4 nitrogen and oxygen atoms in total. The maximum absolute atomic E-state index is 12.7. The smallest absolute Gasteiger partial charge is 0.161 e. The molecular weight excluding hydrogens is 468 g/mol. The Labute approximate surface area is 238 Å². The van der Waals surface area contributed by atoms with Crippen LogP contribution in [-0.4, -0.2) is 23.7 Å². The predicted molar refractivity (Wildman–Crippen MR) is 167 cm³/mol. The molecule has 0 aliphatic heterocycles. The van der Waals surface area contributed by atoms with Crippen LogP contribution in [0.2, 0.25) is 0 Å². The van der Waals surface area contributed by atoms with Gasteiger partial charge in [-0.1, -0.05) is 168 Å². The fourth-order valence-corrected chi connectivity index (χ4v) is 5.44. The van der Waals surface area contributed by atoms with Crippen LogP contribution in [0.4, 0.5) is 0 Å². The summed E-state index contributed by atoms with van der Waals surface area (Å²) in [5, 5.41) is 0. The zero-order chi connectivity index (χ0) is 28.2. The van der Waals surface area contributed by atoms with Crippen molar-refractivity contribution >= 4 is 11.6 Å². The molecule has 0 bridgehead atoms. The first-order chi connectivity index (χ1) is 18.5. The van der Waals surface area contributed by atoms with Gasteiger partial charge in [0.2, 0.25) is 0 Å². The van der Waals surface area contributed by atoms with Crippen molar-refractivity contribution in [3.63, 3.8) is 0 Å². The minimum absolute atomic E-state index is 0.0679. The van der Waals surface area contributed by atoms with E-state index < -0.39 is 5.54 Å². The summed E-state index contributed by atoms with van der Waals surface area (Å²) in [6, 6.07) is 0. The first-order valence-corrected chi connectivity index (χ1v) is 17.1. The number of hydrogen-bond donors (Lipinski definition) is 2. The van der Waals surface area contributed by atoms with E-state index in [0.29, 0.717) is 12.8 Å². The summed E-state index contributed by atoms with van der Waals surface area (Å²) in [6.45, 7) is 4.46. The average Bonchev–Trinajstić information content (AvgIpc) is 2.93. The second kappa shape index (κ2) is 27.8. The van der Waals surface area contributed by atoms with Crippen LogP contribution in [0.3, 0.4) is 0 Å². The molecule has 0 amide bonds. The molecule has 0 aromatic heterocycles. The quantitative estimate of drug-likeness (QED) is 0.0682. The number of ketones is 2. The Balaban J connectivity index is 3.73. The fourth-order valence-electron chi connectivity index (χ4n) is 5.44. The second-order valence-corrected chi connectivity index (χ2v) is 12.0. The third-order valence-corrected chi connectivity index (χ3v) is 8.33. The van der Waals surface area contributed by atoms with Crippen molar-refractivity contribution in [2.45, 2.75) is 199 Å². The van der Waals surface area contributed by atoms with Crippen LogP contribution in [0.1, 0.15) is 194 Å². The third-order valence-electron chi connectivity index (χ3n) is 8.33. The molecule has 0 fully saturated rings. The van der Waals surface area contributed by atoms with Gasteiger partial charge in [-0.2, -0.15) is 0 Å². The van der Waals surface area contributed by atoms with E-state index in [-0.39, 0.29) is 18.1 Å². The molecule has 0 aliphatic carbocycles. The first-order valence-electron chi connectivity index (χ1n) is 17.1. The topological polar surface area (TPSA) is 86.2 Å². The fraction of sp³-hybridized carbons (Fsp3) is 0.941. The Hall–Kier alpha value is -0.740. The average molecular weight is 537 g/mol. The third kappa shape index (κ3) is 21.1. The summed E-state index contributed by atoms with van der Waals surface area (Å²) >= 11 is 0. The molecule has 0 spiro atoms. The number of unbranched alkanes of at least 4 members (excludes halogenated alkanes) is 24. The van der Waals surface area contributed by atoms with E-state index in [1.807, 2.05) is 0 Å². The molecule has 38 heavy (non-hydrogen) atoms. The normalized spacial score (nSPS) is 11.8. The van der Waals surface area contributed by atoms with Crippen molar-refractivity contribution in [3.05, 3.63) is 0 Å². The van der Waals surface area contributed by atoms with Gasteiger partial charge in [0.25, 0.3) is 0 Å². The van der Waals surface area contributed by atoms with Gasteiger partial charge in [-0.25, -0.2) is 0 Å². The lowest BCUT2D eigenvalue weighted by atomic mass is 9.84.